The van der Waals surface area contributed by atoms with Gasteiger partial charge >= 0.3 is 0 Å². The summed E-state index contributed by atoms with van der Waals surface area (Å²) < 4.78 is 2.30. The van der Waals surface area contributed by atoms with E-state index in [0.717, 1.165) is 11.3 Å². The summed E-state index contributed by atoms with van der Waals surface area (Å²) in [6.07, 6.45) is 1.89. The van der Waals surface area contributed by atoms with Gasteiger partial charge in [-0.05, 0) is 91.3 Å². The third-order valence-corrected chi connectivity index (χ3v) is 8.38. The van der Waals surface area contributed by atoms with Crippen molar-refractivity contribution in [2.75, 3.05) is 0 Å². The minimum atomic E-state index is 0.985. The second kappa shape index (κ2) is 7.66. The van der Waals surface area contributed by atoms with Crippen LogP contribution in [0.3, 0.4) is 0 Å². The number of hydrogen-bond donors (Lipinski definition) is 0. The average Bonchev–Trinajstić information content (AvgIpc) is 3.50. The standard InChI is InChI=1S/C37H22N2/c1-2-8-25-22-35-34(21-24(25)7-1)33-13-6-20-38-37(33)39(35)26-16-14-23(15-17-26)27-18-19-32-29-10-4-3-9-28(29)31-12-5-11-30(27)36(31)32/h1-22H. The predicted molar refractivity (Wildman–Crippen MR) is 163 cm³/mol. The number of pyridine rings is 1. The molecule has 1 aliphatic rings. The molecule has 0 N–H and O–H groups in total. The molecule has 1 aliphatic carbocycles. The molecule has 0 unspecified atom stereocenters. The lowest BCUT2D eigenvalue weighted by atomic mass is 9.94. The molecule has 0 amide bonds. The second-order valence-electron chi connectivity index (χ2n) is 10.4. The Labute approximate surface area is 225 Å². The fourth-order valence-corrected chi connectivity index (χ4v) is 6.64. The zero-order valence-electron chi connectivity index (χ0n) is 21.1. The molecule has 2 aromatic heterocycles. The highest BCUT2D eigenvalue weighted by molar-refractivity contribution is 6.18. The van der Waals surface area contributed by atoms with E-state index in [1.807, 2.05) is 12.3 Å². The summed E-state index contributed by atoms with van der Waals surface area (Å²) in [5.74, 6) is 0. The van der Waals surface area contributed by atoms with Crippen LogP contribution in [0.1, 0.15) is 0 Å². The molecule has 180 valence electrons. The number of nitrogens with zero attached hydrogens (tertiary/aromatic N) is 2. The Morgan fingerprint density at radius 1 is 0.462 bits per heavy atom. The van der Waals surface area contributed by atoms with Gasteiger partial charge in [-0.2, -0.15) is 0 Å². The summed E-state index contributed by atoms with van der Waals surface area (Å²) in [6, 6.07) is 46.4. The molecule has 0 bridgehead atoms. The zero-order chi connectivity index (χ0) is 25.5. The van der Waals surface area contributed by atoms with Crippen LogP contribution in [0.2, 0.25) is 0 Å². The lowest BCUT2D eigenvalue weighted by Crippen LogP contribution is -1.95. The fourth-order valence-electron chi connectivity index (χ4n) is 6.64. The Kier molecular flexibility index (Phi) is 4.08. The smallest absolute Gasteiger partial charge is 0.145 e. The molecule has 8 aromatic rings. The molecule has 0 fully saturated rings. The number of rotatable bonds is 2. The first kappa shape index (κ1) is 20.8. The van der Waals surface area contributed by atoms with Crippen LogP contribution in [0, 0.1) is 0 Å². The molecular weight excluding hydrogens is 472 g/mol. The molecule has 0 radical (unpaired) electrons. The third kappa shape index (κ3) is 2.83. The molecule has 6 aromatic carbocycles. The maximum atomic E-state index is 4.82. The van der Waals surface area contributed by atoms with Crippen LogP contribution in [-0.2, 0) is 0 Å². The van der Waals surface area contributed by atoms with Crippen LogP contribution < -0.4 is 0 Å². The molecular formula is C37H22N2. The molecule has 0 saturated heterocycles. The maximum absolute atomic E-state index is 4.82. The van der Waals surface area contributed by atoms with Crippen LogP contribution in [-0.4, -0.2) is 9.55 Å². The molecule has 2 heteroatoms. The molecule has 0 aliphatic heterocycles. The zero-order valence-corrected chi connectivity index (χ0v) is 21.1. The lowest BCUT2D eigenvalue weighted by molar-refractivity contribution is 1.14. The Morgan fingerprint density at radius 3 is 1.95 bits per heavy atom. The summed E-state index contributed by atoms with van der Waals surface area (Å²) in [4.78, 5) is 4.82. The summed E-state index contributed by atoms with van der Waals surface area (Å²) >= 11 is 0. The Hall–Kier alpha value is -5.21. The van der Waals surface area contributed by atoms with Crippen molar-refractivity contribution in [3.05, 3.63) is 134 Å². The van der Waals surface area contributed by atoms with Gasteiger partial charge in [-0.3, -0.25) is 4.57 Å². The van der Waals surface area contributed by atoms with Crippen molar-refractivity contribution in [3.63, 3.8) is 0 Å². The van der Waals surface area contributed by atoms with Crippen LogP contribution >= 0.6 is 0 Å². The number of hydrogen-bond acceptors (Lipinski definition) is 1. The van der Waals surface area contributed by atoms with Crippen molar-refractivity contribution < 1.29 is 0 Å². The fraction of sp³-hybridized carbons (Fsp3) is 0. The molecule has 0 saturated carbocycles. The van der Waals surface area contributed by atoms with Crippen LogP contribution in [0.5, 0.6) is 0 Å². The van der Waals surface area contributed by atoms with E-state index < -0.39 is 0 Å². The van der Waals surface area contributed by atoms with E-state index in [9.17, 15) is 0 Å². The molecule has 2 nitrogen and oxygen atoms in total. The molecule has 0 spiro atoms. The van der Waals surface area contributed by atoms with Crippen molar-refractivity contribution >= 4 is 43.5 Å². The quantitative estimate of drug-likeness (QED) is 0.234. The summed E-state index contributed by atoms with van der Waals surface area (Å²) in [7, 11) is 0. The Morgan fingerprint density at radius 2 is 1.13 bits per heavy atom. The first-order valence-electron chi connectivity index (χ1n) is 13.4. The summed E-state index contributed by atoms with van der Waals surface area (Å²) in [5.41, 5.74) is 11.1. The lowest BCUT2D eigenvalue weighted by Gasteiger charge is -2.12. The van der Waals surface area contributed by atoms with Gasteiger partial charge in [0.05, 0.1) is 5.52 Å². The second-order valence-corrected chi connectivity index (χ2v) is 10.4. The van der Waals surface area contributed by atoms with Gasteiger partial charge in [-0.15, -0.1) is 0 Å². The van der Waals surface area contributed by atoms with Gasteiger partial charge < -0.3 is 0 Å². The van der Waals surface area contributed by atoms with Gasteiger partial charge in [-0.1, -0.05) is 91.0 Å². The van der Waals surface area contributed by atoms with E-state index in [1.54, 1.807) is 0 Å². The minimum Gasteiger partial charge on any atom is -0.294 e. The van der Waals surface area contributed by atoms with E-state index in [4.69, 9.17) is 4.98 Å². The summed E-state index contributed by atoms with van der Waals surface area (Å²) in [6.45, 7) is 0. The van der Waals surface area contributed by atoms with Crippen molar-refractivity contribution in [1.82, 2.24) is 9.55 Å². The van der Waals surface area contributed by atoms with E-state index in [2.05, 4.69) is 126 Å². The highest BCUT2D eigenvalue weighted by Gasteiger charge is 2.22. The third-order valence-electron chi connectivity index (χ3n) is 8.38. The van der Waals surface area contributed by atoms with Gasteiger partial charge in [0.2, 0.25) is 0 Å². The maximum Gasteiger partial charge on any atom is 0.145 e. The van der Waals surface area contributed by atoms with Gasteiger partial charge in [0.15, 0.2) is 0 Å². The SMILES string of the molecule is c1ccc2c(c1)-c1cccc3c(-c4ccc(-n5c6cc7ccccc7cc6c6cccnc65)cc4)ccc-2c13. The van der Waals surface area contributed by atoms with Crippen LogP contribution in [0.25, 0.3) is 82.5 Å². The number of fused-ring (bicyclic) bond motifs is 7. The van der Waals surface area contributed by atoms with Gasteiger partial charge in [0.25, 0.3) is 0 Å². The van der Waals surface area contributed by atoms with E-state index >= 15 is 0 Å². The van der Waals surface area contributed by atoms with E-state index in [0.29, 0.717) is 0 Å². The highest BCUT2D eigenvalue weighted by atomic mass is 15.0. The van der Waals surface area contributed by atoms with Crippen molar-refractivity contribution in [3.8, 4) is 39.1 Å². The van der Waals surface area contributed by atoms with Crippen LogP contribution in [0.4, 0.5) is 0 Å². The van der Waals surface area contributed by atoms with E-state index in [-0.39, 0.29) is 0 Å². The first-order chi connectivity index (χ1) is 19.3. The topological polar surface area (TPSA) is 17.8 Å². The molecule has 2 heterocycles. The van der Waals surface area contributed by atoms with Crippen molar-refractivity contribution in [1.29, 1.82) is 0 Å². The minimum absolute atomic E-state index is 0.985. The van der Waals surface area contributed by atoms with Crippen molar-refractivity contribution in [2.45, 2.75) is 0 Å². The first-order valence-corrected chi connectivity index (χ1v) is 13.4. The van der Waals surface area contributed by atoms with Gasteiger partial charge in [-0.25, -0.2) is 4.98 Å². The Bertz CT molecular complexity index is 2240. The predicted octanol–water partition coefficient (Wildman–Crippen LogP) is 9.80. The number of aromatic nitrogens is 2. The van der Waals surface area contributed by atoms with E-state index in [1.165, 1.54) is 71.2 Å². The number of benzene rings is 6. The summed E-state index contributed by atoms with van der Waals surface area (Å²) in [5, 5.41) is 7.55. The highest BCUT2D eigenvalue weighted by Crippen LogP contribution is 2.49. The average molecular weight is 495 g/mol. The monoisotopic (exact) mass is 494 g/mol. The molecule has 0 atom stereocenters. The Balaban J connectivity index is 1.24. The normalized spacial score (nSPS) is 12.1. The van der Waals surface area contributed by atoms with Crippen LogP contribution in [0.15, 0.2) is 134 Å². The van der Waals surface area contributed by atoms with Gasteiger partial charge in [0, 0.05) is 22.7 Å². The van der Waals surface area contributed by atoms with Crippen molar-refractivity contribution in [2.24, 2.45) is 0 Å². The molecule has 9 rings (SSSR count). The molecule has 39 heavy (non-hydrogen) atoms. The van der Waals surface area contributed by atoms with Gasteiger partial charge in [0.1, 0.15) is 5.65 Å². The largest absolute Gasteiger partial charge is 0.294 e.